The molecular weight excluding hydrogens is 275 g/mol. The van der Waals surface area contributed by atoms with Gasteiger partial charge in [-0.05, 0) is 11.6 Å². The van der Waals surface area contributed by atoms with Crippen molar-refractivity contribution >= 4 is 5.97 Å². The lowest BCUT2D eigenvalue weighted by Gasteiger charge is -2.15. The molecule has 0 saturated carbocycles. The van der Waals surface area contributed by atoms with Gasteiger partial charge in [0.2, 0.25) is 0 Å². The van der Waals surface area contributed by atoms with E-state index in [1.807, 2.05) is 0 Å². The van der Waals surface area contributed by atoms with E-state index >= 15 is 0 Å². The molecule has 1 heterocycles. The molecule has 0 atom stereocenters. The summed E-state index contributed by atoms with van der Waals surface area (Å²) in [6.45, 7) is 0. The number of nitriles is 1. The number of rotatable bonds is 3. The molecule has 0 aromatic carbocycles. The van der Waals surface area contributed by atoms with Crippen LogP contribution in [0, 0.1) is 11.3 Å². The monoisotopic (exact) mass is 280 g/mol. The molecule has 0 spiro atoms. The number of pyridine rings is 1. The van der Waals surface area contributed by atoms with Crippen LogP contribution in [0.15, 0.2) is 6.07 Å². The van der Waals surface area contributed by atoms with Crippen LogP contribution in [0.25, 0.3) is 0 Å². The zero-order valence-corrected chi connectivity index (χ0v) is 9.00. The molecule has 19 heavy (non-hydrogen) atoms. The van der Waals surface area contributed by atoms with Gasteiger partial charge >= 0.3 is 12.1 Å². The zero-order valence-electron chi connectivity index (χ0n) is 9.00. The molecule has 0 aliphatic heterocycles. The van der Waals surface area contributed by atoms with Crippen LogP contribution in [0.4, 0.5) is 22.0 Å². The summed E-state index contributed by atoms with van der Waals surface area (Å²) in [5, 5.41) is 17.0. The molecule has 1 aromatic rings. The first-order valence-electron chi connectivity index (χ1n) is 4.68. The van der Waals surface area contributed by atoms with Crippen molar-refractivity contribution in [2.75, 3.05) is 0 Å². The Balaban J connectivity index is 3.61. The van der Waals surface area contributed by atoms with Crippen LogP contribution >= 0.6 is 0 Å². The van der Waals surface area contributed by atoms with Gasteiger partial charge < -0.3 is 5.11 Å². The summed E-state index contributed by atoms with van der Waals surface area (Å²) in [5.74, 6) is -1.59. The van der Waals surface area contributed by atoms with Crippen molar-refractivity contribution in [2.45, 2.75) is 19.0 Å². The van der Waals surface area contributed by atoms with Gasteiger partial charge in [-0.3, -0.25) is 4.79 Å². The van der Waals surface area contributed by atoms with Gasteiger partial charge in [0.25, 0.3) is 6.43 Å². The summed E-state index contributed by atoms with van der Waals surface area (Å²) < 4.78 is 63.1. The first kappa shape index (κ1) is 14.8. The molecule has 4 nitrogen and oxygen atoms in total. The van der Waals surface area contributed by atoms with Crippen molar-refractivity contribution in [1.82, 2.24) is 4.98 Å². The maximum atomic E-state index is 12.7. The highest BCUT2D eigenvalue weighted by Crippen LogP contribution is 2.37. The highest BCUT2D eigenvalue weighted by atomic mass is 19.4. The van der Waals surface area contributed by atoms with Gasteiger partial charge in [-0.1, -0.05) is 0 Å². The van der Waals surface area contributed by atoms with Crippen LogP contribution < -0.4 is 0 Å². The Morgan fingerprint density at radius 3 is 2.42 bits per heavy atom. The fourth-order valence-corrected chi connectivity index (χ4v) is 1.43. The number of carboxylic acids is 1. The number of aliphatic carboxylic acids is 1. The summed E-state index contributed by atoms with van der Waals surface area (Å²) in [4.78, 5) is 13.3. The van der Waals surface area contributed by atoms with E-state index in [1.54, 1.807) is 0 Å². The van der Waals surface area contributed by atoms with E-state index in [0.717, 1.165) is 0 Å². The fraction of sp³-hybridized carbons (Fsp3) is 0.300. The van der Waals surface area contributed by atoms with E-state index < -0.39 is 47.5 Å². The summed E-state index contributed by atoms with van der Waals surface area (Å²) in [6.07, 6.45) is -9.81. The molecule has 0 aliphatic rings. The molecule has 0 saturated heterocycles. The lowest BCUT2D eigenvalue weighted by molar-refractivity contribution is -0.143. The van der Waals surface area contributed by atoms with Crippen LogP contribution in [-0.2, 0) is 17.4 Å². The summed E-state index contributed by atoms with van der Waals surface area (Å²) in [7, 11) is 0. The molecule has 1 rings (SSSR count). The molecule has 1 N–H and O–H groups in total. The molecule has 0 unspecified atom stereocenters. The Kier molecular flexibility index (Phi) is 4.04. The lowest BCUT2D eigenvalue weighted by atomic mass is 10.0. The van der Waals surface area contributed by atoms with Crippen molar-refractivity contribution in [1.29, 1.82) is 5.26 Å². The number of carbonyl (C=O) groups is 1. The second kappa shape index (κ2) is 5.17. The van der Waals surface area contributed by atoms with Crippen molar-refractivity contribution in [3.05, 3.63) is 28.6 Å². The van der Waals surface area contributed by atoms with Crippen LogP contribution in [0.2, 0.25) is 0 Å². The van der Waals surface area contributed by atoms with Crippen molar-refractivity contribution < 1.29 is 31.9 Å². The molecular formula is C10H5F5N2O2. The Bertz CT molecular complexity index is 548. The maximum absolute atomic E-state index is 12.7. The van der Waals surface area contributed by atoms with Gasteiger partial charge in [0, 0.05) is 0 Å². The largest absolute Gasteiger partial charge is 0.481 e. The lowest BCUT2D eigenvalue weighted by Crippen LogP contribution is -2.17. The predicted octanol–water partition coefficient (Wildman–Crippen LogP) is 2.54. The molecule has 0 fully saturated rings. The van der Waals surface area contributed by atoms with Gasteiger partial charge in [0.05, 0.1) is 12.0 Å². The molecule has 1 aromatic heterocycles. The Hall–Kier alpha value is -2.24. The number of nitrogens with zero attached hydrogens (tertiary/aromatic N) is 2. The molecule has 0 aliphatic carbocycles. The van der Waals surface area contributed by atoms with Crippen LogP contribution in [0.3, 0.4) is 0 Å². The first-order valence-corrected chi connectivity index (χ1v) is 4.68. The van der Waals surface area contributed by atoms with Gasteiger partial charge in [0.15, 0.2) is 5.69 Å². The average molecular weight is 280 g/mol. The Morgan fingerprint density at radius 1 is 1.47 bits per heavy atom. The van der Waals surface area contributed by atoms with E-state index in [4.69, 9.17) is 10.4 Å². The van der Waals surface area contributed by atoms with E-state index in [1.165, 1.54) is 6.07 Å². The first-order chi connectivity index (χ1) is 8.66. The standard InChI is InChI=1S/C10H5F5N2O2/c11-9(12)7-4(2-6(18)19)1-5(3-16)17-8(7)10(13,14)15/h1,9H,2H2,(H,18,19). The SMILES string of the molecule is N#Cc1cc(CC(=O)O)c(C(F)F)c(C(F)(F)F)n1. The van der Waals surface area contributed by atoms with E-state index in [2.05, 4.69) is 4.98 Å². The van der Waals surface area contributed by atoms with Crippen molar-refractivity contribution in [3.8, 4) is 6.07 Å². The zero-order chi connectivity index (χ0) is 14.8. The molecule has 0 bridgehead atoms. The number of hydrogen-bond acceptors (Lipinski definition) is 3. The third kappa shape index (κ3) is 3.37. The van der Waals surface area contributed by atoms with Gasteiger partial charge in [0.1, 0.15) is 11.8 Å². The molecule has 0 radical (unpaired) electrons. The minimum atomic E-state index is -5.20. The summed E-state index contributed by atoms with van der Waals surface area (Å²) in [5.41, 5.74) is -4.99. The smallest absolute Gasteiger partial charge is 0.433 e. The summed E-state index contributed by atoms with van der Waals surface area (Å²) >= 11 is 0. The Labute approximate surface area is 103 Å². The quantitative estimate of drug-likeness (QED) is 0.863. The second-order valence-electron chi connectivity index (χ2n) is 3.41. The van der Waals surface area contributed by atoms with Crippen molar-refractivity contribution in [2.24, 2.45) is 0 Å². The van der Waals surface area contributed by atoms with Gasteiger partial charge in [-0.2, -0.15) is 18.4 Å². The van der Waals surface area contributed by atoms with E-state index in [-0.39, 0.29) is 0 Å². The number of halogens is 5. The average Bonchev–Trinajstić information content (AvgIpc) is 2.25. The number of alkyl halides is 5. The van der Waals surface area contributed by atoms with E-state index in [0.29, 0.717) is 6.07 Å². The molecule has 9 heteroatoms. The highest BCUT2D eigenvalue weighted by molar-refractivity contribution is 5.71. The normalized spacial score (nSPS) is 11.4. The fourth-order valence-electron chi connectivity index (χ4n) is 1.43. The highest BCUT2D eigenvalue weighted by Gasteiger charge is 2.39. The predicted molar refractivity (Wildman–Crippen MR) is 50.3 cm³/mol. The minimum Gasteiger partial charge on any atom is -0.481 e. The second-order valence-corrected chi connectivity index (χ2v) is 3.41. The van der Waals surface area contributed by atoms with Crippen LogP contribution in [0.5, 0.6) is 0 Å². The van der Waals surface area contributed by atoms with Gasteiger partial charge in [-0.15, -0.1) is 0 Å². The molecule has 102 valence electrons. The van der Waals surface area contributed by atoms with Gasteiger partial charge in [-0.25, -0.2) is 13.8 Å². The number of carboxylic acid groups (broad SMARTS) is 1. The molecule has 0 amide bonds. The topological polar surface area (TPSA) is 74.0 Å². The van der Waals surface area contributed by atoms with Crippen molar-refractivity contribution in [3.63, 3.8) is 0 Å². The van der Waals surface area contributed by atoms with E-state index in [9.17, 15) is 26.7 Å². The minimum absolute atomic E-state index is 0.616. The third-order valence-corrected chi connectivity index (χ3v) is 2.09. The van der Waals surface area contributed by atoms with Crippen LogP contribution in [0.1, 0.15) is 28.9 Å². The number of aromatic nitrogens is 1. The maximum Gasteiger partial charge on any atom is 0.433 e. The summed E-state index contributed by atoms with van der Waals surface area (Å²) in [6, 6.07) is 1.89. The third-order valence-electron chi connectivity index (χ3n) is 2.09. The Morgan fingerprint density at radius 2 is 2.05 bits per heavy atom. The van der Waals surface area contributed by atoms with Crippen LogP contribution in [-0.4, -0.2) is 16.1 Å². The number of hydrogen-bond donors (Lipinski definition) is 1.